The van der Waals surface area contributed by atoms with Gasteiger partial charge in [0.2, 0.25) is 5.91 Å². The largest absolute Gasteiger partial charge is 0.506 e. The fraction of sp³-hybridized carbons (Fsp3) is 0.417. The number of phenolic OH excluding ortho intramolecular Hbond substituents is 1. The van der Waals surface area contributed by atoms with Crippen molar-refractivity contribution in [3.8, 4) is 5.75 Å². The number of nitrogens with one attached hydrogen (secondary N) is 2. The molecule has 0 aromatic heterocycles. The van der Waals surface area contributed by atoms with Crippen LogP contribution in [-0.4, -0.2) is 29.5 Å². The summed E-state index contributed by atoms with van der Waals surface area (Å²) in [7, 11) is 0. The molecule has 1 aliphatic rings. The average molecular weight is 256 g/mol. The smallest absolute Gasteiger partial charge is 0.262 e. The van der Waals surface area contributed by atoms with Crippen LogP contribution < -0.4 is 10.6 Å². The Morgan fingerprint density at radius 3 is 2.83 bits per heavy atom. The fourth-order valence-corrected chi connectivity index (χ4v) is 1.87. The van der Waals surface area contributed by atoms with Crippen molar-refractivity contribution in [2.24, 2.45) is 0 Å². The van der Waals surface area contributed by atoms with Gasteiger partial charge >= 0.3 is 0 Å². The van der Waals surface area contributed by atoms with E-state index in [-0.39, 0.29) is 11.4 Å². The summed E-state index contributed by atoms with van der Waals surface area (Å²) in [5, 5.41) is 14.5. The monoisotopic (exact) mass is 256 g/mol. The van der Waals surface area contributed by atoms with Crippen LogP contribution in [0.2, 0.25) is 0 Å². The molecule has 1 aromatic rings. The summed E-state index contributed by atoms with van der Waals surface area (Å²) < 4.78 is 25.9. The number of halogens is 2. The zero-order valence-corrected chi connectivity index (χ0v) is 9.84. The molecule has 3 N–H and O–H groups in total. The second-order valence-corrected chi connectivity index (χ2v) is 4.50. The summed E-state index contributed by atoms with van der Waals surface area (Å²) in [5.41, 5.74) is 1.07. The number of amides is 1. The lowest BCUT2D eigenvalue weighted by Crippen LogP contribution is -2.35. The maximum atomic E-state index is 12.9. The van der Waals surface area contributed by atoms with Crippen LogP contribution in [0, 0.1) is 6.92 Å². The quantitative estimate of drug-likeness (QED) is 0.705. The van der Waals surface area contributed by atoms with Crippen LogP contribution in [0.15, 0.2) is 18.2 Å². The Morgan fingerprint density at radius 1 is 1.56 bits per heavy atom. The third kappa shape index (κ3) is 2.76. The lowest BCUT2D eigenvalue weighted by atomic mass is 10.1. The summed E-state index contributed by atoms with van der Waals surface area (Å²) in [5.74, 6) is -3.49. The van der Waals surface area contributed by atoms with E-state index < -0.39 is 30.8 Å². The molecule has 4 nitrogen and oxygen atoms in total. The highest BCUT2D eigenvalue weighted by molar-refractivity contribution is 5.96. The predicted molar refractivity (Wildman–Crippen MR) is 62.8 cm³/mol. The zero-order valence-electron chi connectivity index (χ0n) is 9.84. The molecular formula is C12H14F2N2O2. The molecule has 2 rings (SSSR count). The summed E-state index contributed by atoms with van der Waals surface area (Å²) in [4.78, 5) is 11.7. The number of alkyl halides is 2. The highest BCUT2D eigenvalue weighted by atomic mass is 19.3. The van der Waals surface area contributed by atoms with Crippen LogP contribution in [0.3, 0.4) is 0 Å². The maximum Gasteiger partial charge on any atom is 0.262 e. The first kappa shape index (κ1) is 12.8. The number of hydrogen-bond donors (Lipinski definition) is 3. The molecule has 0 spiro atoms. The van der Waals surface area contributed by atoms with Gasteiger partial charge in [0.05, 0.1) is 18.3 Å². The second kappa shape index (κ2) is 4.53. The predicted octanol–water partition coefficient (Wildman–Crippen LogP) is 1.64. The maximum absolute atomic E-state index is 12.9. The van der Waals surface area contributed by atoms with Crippen molar-refractivity contribution >= 4 is 11.6 Å². The fourth-order valence-electron chi connectivity index (χ4n) is 1.87. The van der Waals surface area contributed by atoms with Crippen molar-refractivity contribution in [1.82, 2.24) is 5.32 Å². The number of hydrogen-bond acceptors (Lipinski definition) is 3. The summed E-state index contributed by atoms with van der Waals surface area (Å²) in [6.45, 7) is 1.30. The summed E-state index contributed by atoms with van der Waals surface area (Å²) in [6.07, 6.45) is -0.522. The Kier molecular flexibility index (Phi) is 3.21. The van der Waals surface area contributed by atoms with E-state index in [0.717, 1.165) is 5.56 Å². The molecule has 0 radical (unpaired) electrons. The molecule has 1 saturated heterocycles. The first-order chi connectivity index (χ1) is 8.37. The van der Waals surface area contributed by atoms with Crippen molar-refractivity contribution in [2.45, 2.75) is 25.3 Å². The van der Waals surface area contributed by atoms with E-state index in [9.17, 15) is 18.7 Å². The third-order valence-corrected chi connectivity index (χ3v) is 2.84. The van der Waals surface area contributed by atoms with Crippen molar-refractivity contribution in [3.63, 3.8) is 0 Å². The van der Waals surface area contributed by atoms with E-state index in [1.165, 1.54) is 12.1 Å². The topological polar surface area (TPSA) is 61.4 Å². The molecule has 6 heteroatoms. The van der Waals surface area contributed by atoms with Crippen molar-refractivity contribution in [1.29, 1.82) is 0 Å². The van der Waals surface area contributed by atoms with E-state index >= 15 is 0 Å². The minimum atomic E-state index is -2.85. The normalized spacial score (nSPS) is 21.8. The van der Waals surface area contributed by atoms with Gasteiger partial charge in [-0.2, -0.15) is 0 Å². The number of aryl methyl sites for hydroxylation is 1. The molecule has 0 bridgehead atoms. The van der Waals surface area contributed by atoms with E-state index in [2.05, 4.69) is 10.6 Å². The first-order valence-corrected chi connectivity index (χ1v) is 5.59. The molecule has 1 aliphatic heterocycles. The van der Waals surface area contributed by atoms with Gasteiger partial charge in [-0.05, 0) is 24.6 Å². The molecular weight excluding hydrogens is 242 g/mol. The van der Waals surface area contributed by atoms with Gasteiger partial charge in [-0.15, -0.1) is 0 Å². The van der Waals surface area contributed by atoms with Crippen LogP contribution in [0.4, 0.5) is 14.5 Å². The lowest BCUT2D eigenvalue weighted by molar-refractivity contribution is -0.118. The van der Waals surface area contributed by atoms with Crippen molar-refractivity contribution < 1.29 is 18.7 Å². The summed E-state index contributed by atoms with van der Waals surface area (Å²) >= 11 is 0. The Hall–Kier alpha value is -1.69. The average Bonchev–Trinajstić information content (AvgIpc) is 2.63. The van der Waals surface area contributed by atoms with Crippen molar-refractivity contribution in [3.05, 3.63) is 23.8 Å². The number of phenols is 1. The molecule has 1 unspecified atom stereocenters. The van der Waals surface area contributed by atoms with Crippen LogP contribution in [-0.2, 0) is 4.79 Å². The molecule has 1 amide bonds. The third-order valence-electron chi connectivity index (χ3n) is 2.84. The SMILES string of the molecule is Cc1ccc(NC(=O)C2CC(F)(F)CN2)c(O)c1. The highest BCUT2D eigenvalue weighted by Gasteiger charge is 2.42. The Balaban J connectivity index is 2.04. The molecule has 1 fully saturated rings. The molecule has 0 aliphatic carbocycles. The minimum Gasteiger partial charge on any atom is -0.506 e. The number of carbonyl (C=O) groups excluding carboxylic acids is 1. The Morgan fingerprint density at radius 2 is 2.28 bits per heavy atom. The van der Waals surface area contributed by atoms with Gasteiger partial charge in [0, 0.05) is 6.42 Å². The van der Waals surface area contributed by atoms with Crippen LogP contribution in [0.1, 0.15) is 12.0 Å². The van der Waals surface area contributed by atoms with Gasteiger partial charge < -0.3 is 10.4 Å². The molecule has 0 saturated carbocycles. The van der Waals surface area contributed by atoms with Crippen LogP contribution in [0.5, 0.6) is 5.75 Å². The molecule has 1 atom stereocenters. The number of carbonyl (C=O) groups is 1. The van der Waals surface area contributed by atoms with E-state index in [1.807, 2.05) is 0 Å². The van der Waals surface area contributed by atoms with Gasteiger partial charge in [0.25, 0.3) is 5.92 Å². The number of rotatable bonds is 2. The second-order valence-electron chi connectivity index (χ2n) is 4.50. The van der Waals surface area contributed by atoms with Crippen molar-refractivity contribution in [2.75, 3.05) is 11.9 Å². The minimum absolute atomic E-state index is 0.0758. The highest BCUT2D eigenvalue weighted by Crippen LogP contribution is 2.28. The van der Waals surface area contributed by atoms with Gasteiger partial charge in [0.1, 0.15) is 5.75 Å². The number of aromatic hydroxyl groups is 1. The molecule has 1 aromatic carbocycles. The Labute approximate surface area is 103 Å². The number of benzene rings is 1. The van der Waals surface area contributed by atoms with Gasteiger partial charge in [0.15, 0.2) is 0 Å². The van der Waals surface area contributed by atoms with E-state index in [4.69, 9.17) is 0 Å². The molecule has 1 heterocycles. The standard InChI is InChI=1S/C12H14F2N2O2/c1-7-2-3-8(10(17)4-7)16-11(18)9-5-12(13,14)6-15-9/h2-4,9,15,17H,5-6H2,1H3,(H,16,18). The van der Waals surface area contributed by atoms with Gasteiger partial charge in [-0.25, -0.2) is 8.78 Å². The zero-order chi connectivity index (χ0) is 13.3. The first-order valence-electron chi connectivity index (χ1n) is 5.59. The molecule has 18 heavy (non-hydrogen) atoms. The van der Waals surface area contributed by atoms with Crippen LogP contribution in [0.25, 0.3) is 0 Å². The number of anilines is 1. The van der Waals surface area contributed by atoms with E-state index in [0.29, 0.717) is 0 Å². The Bertz CT molecular complexity index is 477. The van der Waals surface area contributed by atoms with E-state index in [1.54, 1.807) is 13.0 Å². The van der Waals surface area contributed by atoms with Gasteiger partial charge in [-0.3, -0.25) is 10.1 Å². The summed E-state index contributed by atoms with van der Waals surface area (Å²) in [6, 6.07) is 3.81. The van der Waals surface area contributed by atoms with Gasteiger partial charge in [-0.1, -0.05) is 6.07 Å². The lowest BCUT2D eigenvalue weighted by Gasteiger charge is -2.12. The molecule has 98 valence electrons. The van der Waals surface area contributed by atoms with Crippen LogP contribution >= 0.6 is 0 Å².